The fourth-order valence-electron chi connectivity index (χ4n) is 3.56. The van der Waals surface area contributed by atoms with Gasteiger partial charge in [0.1, 0.15) is 5.82 Å². The maximum absolute atomic E-state index is 5.58. The molecule has 31 heavy (non-hydrogen) atoms. The predicted molar refractivity (Wildman–Crippen MR) is 138 cm³/mol. The van der Waals surface area contributed by atoms with Crippen molar-refractivity contribution in [1.82, 2.24) is 10.3 Å². The van der Waals surface area contributed by atoms with E-state index in [4.69, 9.17) is 9.47 Å². The average Bonchev–Trinajstić information content (AvgIpc) is 3.07. The molecule has 3 rings (SSSR count). The summed E-state index contributed by atoms with van der Waals surface area (Å²) < 4.78 is 11.0. The summed E-state index contributed by atoms with van der Waals surface area (Å²) in [5.74, 6) is 3.17. The highest BCUT2D eigenvalue weighted by molar-refractivity contribution is 14.0. The van der Waals surface area contributed by atoms with Crippen LogP contribution in [0.15, 0.2) is 41.5 Å². The summed E-state index contributed by atoms with van der Waals surface area (Å²) in [5.41, 5.74) is 2.06. The number of nitrogens with one attached hydrogen (secondary N) is 2. The van der Waals surface area contributed by atoms with Gasteiger partial charge < -0.3 is 25.0 Å². The largest absolute Gasteiger partial charge is 0.493 e. The molecule has 1 aromatic carbocycles. The molecule has 1 saturated heterocycles. The lowest BCUT2D eigenvalue weighted by atomic mass is 10.2. The first-order chi connectivity index (χ1) is 14.7. The minimum Gasteiger partial charge on any atom is -0.493 e. The molecule has 2 heterocycles. The lowest BCUT2D eigenvalue weighted by Gasteiger charge is -2.22. The van der Waals surface area contributed by atoms with Crippen molar-refractivity contribution < 1.29 is 9.47 Å². The summed E-state index contributed by atoms with van der Waals surface area (Å²) in [6, 6.07) is 9.97. The molecule has 0 radical (unpaired) electrons. The van der Waals surface area contributed by atoms with Crippen molar-refractivity contribution in [2.45, 2.75) is 39.2 Å². The number of benzene rings is 1. The number of guanidine groups is 1. The third-order valence-electron chi connectivity index (χ3n) is 5.15. The van der Waals surface area contributed by atoms with Gasteiger partial charge in [0.25, 0.3) is 0 Å². The molecule has 0 atom stereocenters. The molecule has 1 fully saturated rings. The number of pyridine rings is 1. The number of ether oxygens (including phenoxy) is 2. The van der Waals surface area contributed by atoms with Crippen LogP contribution in [0.25, 0.3) is 0 Å². The Morgan fingerprint density at radius 1 is 1.10 bits per heavy atom. The zero-order valence-electron chi connectivity index (χ0n) is 18.7. The zero-order chi connectivity index (χ0) is 21.2. The molecule has 7 nitrogen and oxygen atoms in total. The number of methoxy groups -OCH3 is 1. The minimum atomic E-state index is 0. The molecule has 0 saturated carbocycles. The van der Waals surface area contributed by atoms with Crippen molar-refractivity contribution in [3.8, 4) is 11.5 Å². The van der Waals surface area contributed by atoms with E-state index in [2.05, 4.69) is 31.6 Å². The number of hydrogen-bond donors (Lipinski definition) is 2. The molecule has 1 aromatic heterocycles. The lowest BCUT2D eigenvalue weighted by Crippen LogP contribution is -2.30. The van der Waals surface area contributed by atoms with Crippen molar-refractivity contribution in [2.75, 3.05) is 44.1 Å². The third-order valence-corrected chi connectivity index (χ3v) is 5.15. The number of halogens is 1. The van der Waals surface area contributed by atoms with Crippen LogP contribution in [0, 0.1) is 0 Å². The first-order valence-corrected chi connectivity index (χ1v) is 10.7. The quantitative estimate of drug-likeness (QED) is 0.303. The fourth-order valence-corrected chi connectivity index (χ4v) is 3.56. The van der Waals surface area contributed by atoms with E-state index in [9.17, 15) is 0 Å². The second-order valence-electron chi connectivity index (χ2n) is 7.27. The van der Waals surface area contributed by atoms with E-state index in [0.717, 1.165) is 30.3 Å². The van der Waals surface area contributed by atoms with E-state index in [-0.39, 0.29) is 24.0 Å². The number of nitrogens with zero attached hydrogens (tertiary/aromatic N) is 3. The monoisotopic (exact) mass is 539 g/mol. The van der Waals surface area contributed by atoms with E-state index >= 15 is 0 Å². The Kier molecular flexibility index (Phi) is 10.7. The summed E-state index contributed by atoms with van der Waals surface area (Å²) in [5, 5.41) is 6.68. The van der Waals surface area contributed by atoms with Crippen LogP contribution >= 0.6 is 24.0 Å². The average molecular weight is 539 g/mol. The van der Waals surface area contributed by atoms with Gasteiger partial charge in [-0.15, -0.1) is 24.0 Å². The molecule has 0 unspecified atom stereocenters. The molecular formula is C23H34IN5O2. The molecule has 2 aromatic rings. The minimum absolute atomic E-state index is 0. The summed E-state index contributed by atoms with van der Waals surface area (Å²) in [4.78, 5) is 11.3. The highest BCUT2D eigenvalue weighted by Gasteiger charge is 2.12. The maximum Gasteiger partial charge on any atom is 0.195 e. The summed E-state index contributed by atoms with van der Waals surface area (Å²) >= 11 is 0. The van der Waals surface area contributed by atoms with Crippen molar-refractivity contribution in [3.05, 3.63) is 42.1 Å². The number of rotatable bonds is 7. The Morgan fingerprint density at radius 3 is 2.55 bits per heavy atom. The van der Waals surface area contributed by atoms with Gasteiger partial charge in [0.05, 0.1) is 13.7 Å². The predicted octanol–water partition coefficient (Wildman–Crippen LogP) is 4.67. The molecule has 0 spiro atoms. The van der Waals surface area contributed by atoms with Crippen LogP contribution in [0.3, 0.4) is 0 Å². The molecule has 2 N–H and O–H groups in total. The number of aromatic nitrogens is 1. The lowest BCUT2D eigenvalue weighted by molar-refractivity contribution is 0.311. The van der Waals surface area contributed by atoms with Crippen LogP contribution in [0.2, 0.25) is 0 Å². The van der Waals surface area contributed by atoms with Crippen molar-refractivity contribution in [1.29, 1.82) is 0 Å². The zero-order valence-corrected chi connectivity index (χ0v) is 21.0. The summed E-state index contributed by atoms with van der Waals surface area (Å²) in [6.45, 7) is 5.39. The molecule has 0 amide bonds. The Hall–Kier alpha value is -2.23. The number of hydrogen-bond acceptors (Lipinski definition) is 5. The second-order valence-corrected chi connectivity index (χ2v) is 7.27. The fraction of sp³-hybridized carbons (Fsp3) is 0.478. The van der Waals surface area contributed by atoms with Crippen LogP contribution in [-0.2, 0) is 6.54 Å². The van der Waals surface area contributed by atoms with Crippen molar-refractivity contribution >= 4 is 41.4 Å². The maximum atomic E-state index is 5.58. The topological polar surface area (TPSA) is 71.0 Å². The van der Waals surface area contributed by atoms with Gasteiger partial charge in [0, 0.05) is 44.6 Å². The van der Waals surface area contributed by atoms with Gasteiger partial charge >= 0.3 is 0 Å². The highest BCUT2D eigenvalue weighted by atomic mass is 127. The third kappa shape index (κ3) is 7.45. The number of aliphatic imine (C=N–C) groups is 1. The van der Waals surface area contributed by atoms with Crippen LogP contribution in [-0.4, -0.2) is 44.8 Å². The van der Waals surface area contributed by atoms with Crippen molar-refractivity contribution in [2.24, 2.45) is 4.99 Å². The molecule has 1 aliphatic heterocycles. The van der Waals surface area contributed by atoms with Gasteiger partial charge in [0.15, 0.2) is 17.5 Å². The Morgan fingerprint density at radius 2 is 1.87 bits per heavy atom. The van der Waals surface area contributed by atoms with Gasteiger partial charge in [-0.2, -0.15) is 0 Å². The Bertz CT molecular complexity index is 838. The standard InChI is InChI=1S/C23H33N5O2.HI/c1-4-30-20-10-9-19(16-21(20)29-3)27-23(24-2)26-17-18-11-12-25-22(15-18)28-13-7-5-6-8-14-28;/h9-12,15-16H,4-8,13-14,17H2,1-3H3,(H2,24,26,27);1H. The molecule has 1 aliphatic rings. The highest BCUT2D eigenvalue weighted by Crippen LogP contribution is 2.30. The van der Waals surface area contributed by atoms with E-state index in [1.54, 1.807) is 14.2 Å². The van der Waals surface area contributed by atoms with E-state index < -0.39 is 0 Å². The van der Waals surface area contributed by atoms with Crippen LogP contribution < -0.4 is 25.0 Å². The van der Waals surface area contributed by atoms with Gasteiger partial charge in [-0.3, -0.25) is 4.99 Å². The molecule has 170 valence electrons. The van der Waals surface area contributed by atoms with Crippen molar-refractivity contribution in [3.63, 3.8) is 0 Å². The van der Waals surface area contributed by atoms with E-state index in [1.807, 2.05) is 37.4 Å². The smallest absolute Gasteiger partial charge is 0.195 e. The van der Waals surface area contributed by atoms with Gasteiger partial charge in [-0.05, 0) is 49.6 Å². The van der Waals surface area contributed by atoms with Gasteiger partial charge in [-0.1, -0.05) is 12.8 Å². The summed E-state index contributed by atoms with van der Waals surface area (Å²) in [6.07, 6.45) is 7.01. The number of anilines is 2. The summed E-state index contributed by atoms with van der Waals surface area (Å²) in [7, 11) is 3.40. The first kappa shape index (κ1) is 25.0. The normalized spacial score (nSPS) is 14.3. The van der Waals surface area contributed by atoms with Crippen LogP contribution in [0.1, 0.15) is 38.2 Å². The Balaban J connectivity index is 0.00000341. The van der Waals surface area contributed by atoms with Crippen LogP contribution in [0.5, 0.6) is 11.5 Å². The SMILES string of the molecule is CCOc1ccc(NC(=NC)NCc2ccnc(N3CCCCCC3)c2)cc1OC.I. The Labute approximate surface area is 202 Å². The van der Waals surface area contributed by atoms with Gasteiger partial charge in [0.2, 0.25) is 0 Å². The van der Waals surface area contributed by atoms with Crippen LogP contribution in [0.4, 0.5) is 11.5 Å². The molecular weight excluding hydrogens is 505 g/mol. The molecule has 0 aliphatic carbocycles. The van der Waals surface area contributed by atoms with E-state index in [0.29, 0.717) is 24.9 Å². The van der Waals surface area contributed by atoms with E-state index in [1.165, 1.54) is 31.2 Å². The first-order valence-electron chi connectivity index (χ1n) is 10.7. The molecule has 0 bridgehead atoms. The molecule has 8 heteroatoms. The van der Waals surface area contributed by atoms with Gasteiger partial charge in [-0.25, -0.2) is 4.98 Å². The second kappa shape index (κ2) is 13.2.